The highest BCUT2D eigenvalue weighted by Crippen LogP contribution is 2.23. The van der Waals surface area contributed by atoms with E-state index in [0.717, 1.165) is 65.0 Å². The zero-order chi connectivity index (χ0) is 19.9. The molecule has 2 aliphatic heterocycles. The summed E-state index contributed by atoms with van der Waals surface area (Å²) in [6.07, 6.45) is 10.9. The van der Waals surface area contributed by atoms with E-state index >= 15 is 0 Å². The Hall–Kier alpha value is -1.75. The van der Waals surface area contributed by atoms with E-state index in [9.17, 15) is 4.79 Å². The molecule has 3 aliphatic rings. The maximum absolute atomic E-state index is 12.9. The molecule has 0 aromatic heterocycles. The number of amides is 2. The minimum atomic E-state index is 0.204. The fourth-order valence-electron chi connectivity index (χ4n) is 5.27. The molecule has 5 heteroatoms. The standard InChI is InChI=1S/C24H38N4O/c29-24(25-21-9-3-1-4-10-21)28-15-8-7-13-23(28)14-16-26-17-19-27(20-18-26)22-11-5-2-6-12-22/h2,5-6,11-12,21,23H,1,3-4,7-10,13-20H2,(H,25,29). The molecular formula is C24H38N4O. The Morgan fingerprint density at radius 2 is 1.59 bits per heavy atom. The first kappa shape index (κ1) is 20.5. The zero-order valence-corrected chi connectivity index (χ0v) is 17.9. The van der Waals surface area contributed by atoms with Gasteiger partial charge in [-0.15, -0.1) is 0 Å². The van der Waals surface area contributed by atoms with Crippen molar-refractivity contribution in [2.24, 2.45) is 0 Å². The number of nitrogens with one attached hydrogen (secondary N) is 1. The molecule has 1 aromatic rings. The monoisotopic (exact) mass is 398 g/mol. The number of urea groups is 1. The van der Waals surface area contributed by atoms with Crippen molar-refractivity contribution in [1.82, 2.24) is 15.1 Å². The van der Waals surface area contributed by atoms with Gasteiger partial charge in [-0.2, -0.15) is 0 Å². The normalized spacial score (nSPS) is 24.5. The van der Waals surface area contributed by atoms with Crippen LogP contribution in [0.2, 0.25) is 0 Å². The van der Waals surface area contributed by atoms with E-state index in [1.807, 2.05) is 0 Å². The molecule has 29 heavy (non-hydrogen) atoms. The molecule has 1 N–H and O–H groups in total. The summed E-state index contributed by atoms with van der Waals surface area (Å²) >= 11 is 0. The molecule has 3 fully saturated rings. The van der Waals surface area contributed by atoms with Gasteiger partial charge < -0.3 is 15.1 Å². The Morgan fingerprint density at radius 1 is 0.862 bits per heavy atom. The molecule has 1 unspecified atom stereocenters. The van der Waals surface area contributed by atoms with E-state index in [4.69, 9.17) is 0 Å². The number of hydrogen-bond donors (Lipinski definition) is 1. The van der Waals surface area contributed by atoms with Gasteiger partial charge in [0, 0.05) is 57.0 Å². The lowest BCUT2D eigenvalue weighted by Gasteiger charge is -2.40. The molecular weight excluding hydrogens is 360 g/mol. The number of nitrogens with zero attached hydrogens (tertiary/aromatic N) is 3. The average molecular weight is 399 g/mol. The largest absolute Gasteiger partial charge is 0.369 e. The van der Waals surface area contributed by atoms with Crippen LogP contribution in [0.15, 0.2) is 30.3 Å². The van der Waals surface area contributed by atoms with Crippen LogP contribution < -0.4 is 10.2 Å². The second-order valence-electron chi connectivity index (χ2n) is 9.08. The third-order valence-electron chi connectivity index (χ3n) is 7.09. The summed E-state index contributed by atoms with van der Waals surface area (Å²) < 4.78 is 0. The van der Waals surface area contributed by atoms with Crippen molar-refractivity contribution in [3.8, 4) is 0 Å². The van der Waals surface area contributed by atoms with E-state index in [-0.39, 0.29) is 6.03 Å². The Labute approximate surface area is 176 Å². The highest BCUT2D eigenvalue weighted by molar-refractivity contribution is 5.75. The molecule has 0 spiro atoms. The SMILES string of the molecule is O=C(NC1CCCCC1)N1CCCCC1CCN1CCN(c2ccccc2)CC1. The summed E-state index contributed by atoms with van der Waals surface area (Å²) in [4.78, 5) is 20.2. The van der Waals surface area contributed by atoms with E-state index in [2.05, 4.69) is 50.3 Å². The molecule has 4 rings (SSSR count). The van der Waals surface area contributed by atoms with E-state index in [0.29, 0.717) is 12.1 Å². The summed E-state index contributed by atoms with van der Waals surface area (Å²) in [7, 11) is 0. The number of benzene rings is 1. The molecule has 1 saturated carbocycles. The van der Waals surface area contributed by atoms with Crippen molar-refractivity contribution in [3.05, 3.63) is 30.3 Å². The zero-order valence-electron chi connectivity index (χ0n) is 17.9. The Kier molecular flexibility index (Phi) is 7.31. The molecule has 5 nitrogen and oxygen atoms in total. The maximum atomic E-state index is 12.9. The van der Waals surface area contributed by atoms with Gasteiger partial charge >= 0.3 is 6.03 Å². The Bertz CT molecular complexity index is 623. The van der Waals surface area contributed by atoms with Crippen LogP contribution in [0, 0.1) is 0 Å². The van der Waals surface area contributed by atoms with Gasteiger partial charge in [-0.1, -0.05) is 37.5 Å². The van der Waals surface area contributed by atoms with Crippen LogP contribution in [0.3, 0.4) is 0 Å². The number of para-hydroxylation sites is 1. The lowest BCUT2D eigenvalue weighted by molar-refractivity contribution is 0.130. The van der Waals surface area contributed by atoms with Gasteiger partial charge in [-0.25, -0.2) is 4.79 Å². The van der Waals surface area contributed by atoms with Crippen LogP contribution in [0.4, 0.5) is 10.5 Å². The van der Waals surface area contributed by atoms with Crippen molar-refractivity contribution < 1.29 is 4.79 Å². The molecule has 0 radical (unpaired) electrons. The average Bonchev–Trinajstić information content (AvgIpc) is 2.79. The molecule has 160 valence electrons. The highest BCUT2D eigenvalue weighted by atomic mass is 16.2. The van der Waals surface area contributed by atoms with Gasteiger partial charge in [0.05, 0.1) is 0 Å². The van der Waals surface area contributed by atoms with Gasteiger partial charge in [0.15, 0.2) is 0 Å². The predicted octanol–water partition coefficient (Wildman–Crippen LogP) is 4.10. The first-order valence-corrected chi connectivity index (χ1v) is 11.9. The molecule has 1 aromatic carbocycles. The molecule has 2 amide bonds. The number of hydrogen-bond acceptors (Lipinski definition) is 3. The lowest BCUT2D eigenvalue weighted by atomic mass is 9.95. The fraction of sp³-hybridized carbons (Fsp3) is 0.708. The van der Waals surface area contributed by atoms with Crippen LogP contribution in [0.5, 0.6) is 0 Å². The van der Waals surface area contributed by atoms with Crippen LogP contribution in [-0.4, -0.2) is 67.2 Å². The second-order valence-corrected chi connectivity index (χ2v) is 9.08. The third kappa shape index (κ3) is 5.65. The summed E-state index contributed by atoms with van der Waals surface area (Å²) in [6, 6.07) is 11.8. The van der Waals surface area contributed by atoms with Gasteiger partial charge in [0.25, 0.3) is 0 Å². The summed E-state index contributed by atoms with van der Waals surface area (Å²) in [6.45, 7) is 6.48. The maximum Gasteiger partial charge on any atom is 0.317 e. The first-order chi connectivity index (χ1) is 14.3. The lowest BCUT2D eigenvalue weighted by Crippen LogP contribution is -2.53. The quantitative estimate of drug-likeness (QED) is 0.812. The van der Waals surface area contributed by atoms with Crippen molar-refractivity contribution in [1.29, 1.82) is 0 Å². The minimum Gasteiger partial charge on any atom is -0.369 e. The minimum absolute atomic E-state index is 0.204. The van der Waals surface area contributed by atoms with Gasteiger partial charge in [-0.3, -0.25) is 4.90 Å². The summed E-state index contributed by atoms with van der Waals surface area (Å²) in [5, 5.41) is 3.35. The number of piperidine rings is 1. The molecule has 1 atom stereocenters. The van der Waals surface area contributed by atoms with Crippen molar-refractivity contribution in [2.45, 2.75) is 69.9 Å². The van der Waals surface area contributed by atoms with Gasteiger partial charge in [0.1, 0.15) is 0 Å². The smallest absolute Gasteiger partial charge is 0.317 e. The first-order valence-electron chi connectivity index (χ1n) is 11.9. The third-order valence-corrected chi connectivity index (χ3v) is 7.09. The molecule has 0 bridgehead atoms. The molecule has 2 saturated heterocycles. The number of anilines is 1. The van der Waals surface area contributed by atoms with Crippen molar-refractivity contribution in [3.63, 3.8) is 0 Å². The van der Waals surface area contributed by atoms with E-state index in [1.54, 1.807) is 0 Å². The van der Waals surface area contributed by atoms with Crippen LogP contribution in [-0.2, 0) is 0 Å². The number of carbonyl (C=O) groups is 1. The molecule has 2 heterocycles. The number of rotatable bonds is 5. The van der Waals surface area contributed by atoms with Crippen LogP contribution >= 0.6 is 0 Å². The predicted molar refractivity (Wildman–Crippen MR) is 119 cm³/mol. The van der Waals surface area contributed by atoms with Gasteiger partial charge in [0.2, 0.25) is 0 Å². The summed E-state index contributed by atoms with van der Waals surface area (Å²) in [5.41, 5.74) is 1.34. The van der Waals surface area contributed by atoms with Crippen LogP contribution in [0.25, 0.3) is 0 Å². The Morgan fingerprint density at radius 3 is 2.34 bits per heavy atom. The number of carbonyl (C=O) groups excluding carboxylic acids is 1. The van der Waals surface area contributed by atoms with Gasteiger partial charge in [-0.05, 0) is 50.7 Å². The molecule has 1 aliphatic carbocycles. The van der Waals surface area contributed by atoms with E-state index in [1.165, 1.54) is 37.8 Å². The second kappa shape index (κ2) is 10.3. The highest BCUT2D eigenvalue weighted by Gasteiger charge is 2.29. The van der Waals surface area contributed by atoms with E-state index < -0.39 is 0 Å². The van der Waals surface area contributed by atoms with Crippen LogP contribution in [0.1, 0.15) is 57.8 Å². The van der Waals surface area contributed by atoms with Crippen molar-refractivity contribution in [2.75, 3.05) is 44.2 Å². The number of piperazine rings is 1. The topological polar surface area (TPSA) is 38.8 Å². The number of likely N-dealkylation sites (tertiary alicyclic amines) is 1. The Balaban J connectivity index is 1.23. The summed E-state index contributed by atoms with van der Waals surface area (Å²) in [5.74, 6) is 0. The van der Waals surface area contributed by atoms with Crippen molar-refractivity contribution >= 4 is 11.7 Å². The fourth-order valence-corrected chi connectivity index (χ4v) is 5.27.